The normalized spacial score (nSPS) is 2.00. The van der Waals surface area contributed by atoms with E-state index in [0.717, 1.165) is 0 Å². The number of nitrogens with zero attached hydrogens (tertiary/aromatic N) is 2. The standard InChI is InChI=1S/C2N2.FH/c3-1-2-4;/h;1H/p-1. The van der Waals surface area contributed by atoms with Gasteiger partial charge in [-0.3, -0.25) is 0 Å². The highest BCUT2D eigenvalue weighted by Gasteiger charge is 1.39. The van der Waals surface area contributed by atoms with E-state index >= 15 is 0 Å². The van der Waals surface area contributed by atoms with Crippen LogP contribution in [0.1, 0.15) is 0 Å². The Morgan fingerprint density at radius 1 is 1.00 bits per heavy atom. The van der Waals surface area contributed by atoms with Crippen LogP contribution in [-0.4, -0.2) is 0 Å². The highest BCUT2D eigenvalue weighted by Crippen LogP contribution is 1.27. The third kappa shape index (κ3) is 298. The van der Waals surface area contributed by atoms with Crippen LogP contribution in [0.15, 0.2) is 0 Å². The molecule has 0 bridgehead atoms. The maximum atomic E-state index is 7.26. The predicted octanol–water partition coefficient (Wildman–Crippen LogP) is -2.96. The van der Waals surface area contributed by atoms with Crippen molar-refractivity contribution in [2.45, 2.75) is 0 Å². The van der Waals surface area contributed by atoms with E-state index < -0.39 is 0 Å². The highest BCUT2D eigenvalue weighted by atomic mass is 19.0. The van der Waals surface area contributed by atoms with Crippen LogP contribution in [0.25, 0.3) is 0 Å². The molecule has 0 radical (unpaired) electrons. The lowest BCUT2D eigenvalue weighted by atomic mass is 10.9. The molecule has 2 nitrogen and oxygen atoms in total. The van der Waals surface area contributed by atoms with Crippen molar-refractivity contribution >= 4 is 0 Å². The van der Waals surface area contributed by atoms with Gasteiger partial charge in [0.1, 0.15) is 0 Å². The van der Waals surface area contributed by atoms with E-state index in [4.69, 9.17) is 10.5 Å². The Labute approximate surface area is 28.6 Å². The van der Waals surface area contributed by atoms with E-state index in [1.54, 1.807) is 0 Å². The maximum absolute atomic E-state index is 7.26. The first-order chi connectivity index (χ1) is 1.91. The topological polar surface area (TPSA) is 47.6 Å². The summed E-state index contributed by atoms with van der Waals surface area (Å²) in [7, 11) is 0. The molecule has 0 atom stereocenters. The molecule has 0 spiro atoms. The number of hydrogen-bond donors (Lipinski definition) is 0. The summed E-state index contributed by atoms with van der Waals surface area (Å²) in [6, 6.07) is 2.47. The molecule has 0 rings (SSSR count). The lowest BCUT2D eigenvalue weighted by Crippen LogP contribution is -3.00. The van der Waals surface area contributed by atoms with E-state index in [2.05, 4.69) is 0 Å². The molecule has 0 aliphatic carbocycles. The maximum Gasteiger partial charge on any atom is 0.181 e. The van der Waals surface area contributed by atoms with Crippen LogP contribution < -0.4 is 4.70 Å². The largest absolute Gasteiger partial charge is 1.00 e. The van der Waals surface area contributed by atoms with Gasteiger partial charge in [0.05, 0.1) is 0 Å². The average molecular weight is 71.0 g/mol. The van der Waals surface area contributed by atoms with Crippen LogP contribution in [0.5, 0.6) is 0 Å². The zero-order valence-electron chi connectivity index (χ0n) is 2.27. The second-order valence-corrected chi connectivity index (χ2v) is 0.224. The Balaban J connectivity index is 0. The average Bonchev–Trinajstić information content (AvgIpc) is 1.37. The van der Waals surface area contributed by atoms with E-state index in [1.165, 1.54) is 12.1 Å². The lowest BCUT2D eigenvalue weighted by Gasteiger charge is -1.16. The summed E-state index contributed by atoms with van der Waals surface area (Å²) in [5, 5.41) is 14.5. The predicted molar refractivity (Wildman–Crippen MR) is 11.2 cm³/mol. The third-order valence-electron chi connectivity index (χ3n) is 0.0500. The second kappa shape index (κ2) is 12.8. The van der Waals surface area contributed by atoms with Gasteiger partial charge >= 0.3 is 0 Å². The minimum Gasteiger partial charge on any atom is -1.00 e. The Kier molecular flexibility index (Phi) is 23.3. The zero-order chi connectivity index (χ0) is 3.41. The molecule has 5 heavy (non-hydrogen) atoms. The Hall–Kier alpha value is -1.09. The molecule has 0 N–H and O–H groups in total. The number of hydrogen-bond acceptors (Lipinski definition) is 2. The molecule has 0 aromatic carbocycles. The van der Waals surface area contributed by atoms with Crippen molar-refractivity contribution in [3.63, 3.8) is 0 Å². The summed E-state index contributed by atoms with van der Waals surface area (Å²) in [6.07, 6.45) is 0. The summed E-state index contributed by atoms with van der Waals surface area (Å²) in [5.41, 5.74) is 0. The van der Waals surface area contributed by atoms with Crippen molar-refractivity contribution < 1.29 is 4.70 Å². The van der Waals surface area contributed by atoms with Gasteiger partial charge in [-0.2, -0.15) is 10.5 Å². The molecule has 0 unspecified atom stereocenters. The Bertz CT molecular complexity index is 62.6. The molecule has 0 fully saturated rings. The molecule has 0 heterocycles. The SMILES string of the molecule is N#CC#N.[F-]. The van der Waals surface area contributed by atoms with Crippen LogP contribution in [0.2, 0.25) is 0 Å². The van der Waals surface area contributed by atoms with Gasteiger partial charge in [-0.05, 0) is 0 Å². The van der Waals surface area contributed by atoms with Gasteiger partial charge < -0.3 is 4.70 Å². The molecule has 0 aromatic rings. The molecule has 0 aliphatic rings. The van der Waals surface area contributed by atoms with E-state index in [9.17, 15) is 0 Å². The quantitative estimate of drug-likeness (QED) is 0.306. The molecule has 0 saturated heterocycles. The molecule has 3 heteroatoms. The van der Waals surface area contributed by atoms with Gasteiger partial charge in [-0.15, -0.1) is 0 Å². The van der Waals surface area contributed by atoms with Crippen molar-refractivity contribution in [3.05, 3.63) is 0 Å². The van der Waals surface area contributed by atoms with Crippen molar-refractivity contribution in [1.29, 1.82) is 10.5 Å². The molecular formula is C2FN2-. The molecule has 0 amide bonds. The first-order valence-electron chi connectivity index (χ1n) is 0.697. The monoisotopic (exact) mass is 71.0 g/mol. The molecular weight excluding hydrogens is 71.0 g/mol. The lowest BCUT2D eigenvalue weighted by molar-refractivity contribution is -0.00000135. The first-order valence-corrected chi connectivity index (χ1v) is 0.697. The minimum absolute atomic E-state index is 0. The summed E-state index contributed by atoms with van der Waals surface area (Å²) in [4.78, 5) is 0. The van der Waals surface area contributed by atoms with Gasteiger partial charge in [0.2, 0.25) is 0 Å². The van der Waals surface area contributed by atoms with Crippen molar-refractivity contribution in [2.75, 3.05) is 0 Å². The van der Waals surface area contributed by atoms with Gasteiger partial charge in [0.25, 0.3) is 0 Å². The van der Waals surface area contributed by atoms with Gasteiger partial charge in [0.15, 0.2) is 12.1 Å². The third-order valence-corrected chi connectivity index (χ3v) is 0.0500. The number of rotatable bonds is 0. The number of nitriles is 2. The minimum atomic E-state index is 0. The summed E-state index contributed by atoms with van der Waals surface area (Å²) < 4.78 is 0. The molecule has 26 valence electrons. The van der Waals surface area contributed by atoms with Gasteiger partial charge in [-0.25, -0.2) is 0 Å². The van der Waals surface area contributed by atoms with E-state index in [1.807, 2.05) is 0 Å². The van der Waals surface area contributed by atoms with Crippen molar-refractivity contribution in [1.82, 2.24) is 0 Å². The fraction of sp³-hybridized carbons (Fsp3) is 0. The van der Waals surface area contributed by atoms with E-state index in [-0.39, 0.29) is 4.70 Å². The van der Waals surface area contributed by atoms with Gasteiger partial charge in [-0.1, -0.05) is 0 Å². The molecule has 0 aliphatic heterocycles. The zero-order valence-corrected chi connectivity index (χ0v) is 2.27. The highest BCUT2D eigenvalue weighted by molar-refractivity contribution is 4.99. The Morgan fingerprint density at radius 3 is 1.20 bits per heavy atom. The van der Waals surface area contributed by atoms with Crippen LogP contribution in [-0.2, 0) is 0 Å². The van der Waals surface area contributed by atoms with Crippen LogP contribution in [0.3, 0.4) is 0 Å². The van der Waals surface area contributed by atoms with Crippen LogP contribution in [0.4, 0.5) is 0 Å². The summed E-state index contributed by atoms with van der Waals surface area (Å²) >= 11 is 0. The Morgan fingerprint density at radius 2 is 1.20 bits per heavy atom. The van der Waals surface area contributed by atoms with Crippen molar-refractivity contribution in [3.8, 4) is 12.1 Å². The fourth-order valence-electron chi connectivity index (χ4n) is 0. The summed E-state index contributed by atoms with van der Waals surface area (Å²) in [5.74, 6) is 0. The smallest absolute Gasteiger partial charge is 0.181 e. The second-order valence-electron chi connectivity index (χ2n) is 0.224. The number of halogens is 1. The van der Waals surface area contributed by atoms with Crippen LogP contribution in [0, 0.1) is 22.7 Å². The van der Waals surface area contributed by atoms with Gasteiger partial charge in [0, 0.05) is 0 Å². The fourth-order valence-corrected chi connectivity index (χ4v) is 0. The molecule has 0 aromatic heterocycles. The van der Waals surface area contributed by atoms with Crippen molar-refractivity contribution in [2.24, 2.45) is 0 Å². The first kappa shape index (κ1) is 9.08. The molecule has 0 saturated carbocycles. The van der Waals surface area contributed by atoms with E-state index in [0.29, 0.717) is 0 Å². The summed E-state index contributed by atoms with van der Waals surface area (Å²) in [6.45, 7) is 0. The van der Waals surface area contributed by atoms with Crippen LogP contribution >= 0.6 is 0 Å².